The molecular formula is C21H28N4O5. The van der Waals surface area contributed by atoms with Crippen molar-refractivity contribution in [1.82, 2.24) is 14.9 Å². The Morgan fingerprint density at radius 3 is 2.50 bits per heavy atom. The Hall–Kier alpha value is -3.23. The van der Waals surface area contributed by atoms with Crippen LogP contribution in [0.25, 0.3) is 0 Å². The number of aliphatic carboxylic acids is 1. The second-order valence-corrected chi connectivity index (χ2v) is 7.19. The Bertz CT molecular complexity index is 876. The highest BCUT2D eigenvalue weighted by molar-refractivity contribution is 5.83. The number of nitro groups is 1. The molecule has 0 unspecified atom stereocenters. The molecule has 0 saturated heterocycles. The number of nitrogens with zero attached hydrogens (tertiary/aromatic N) is 3. The van der Waals surface area contributed by atoms with Crippen molar-refractivity contribution < 1.29 is 19.6 Å². The zero-order valence-corrected chi connectivity index (χ0v) is 17.3. The Labute approximate surface area is 175 Å². The maximum Gasteiger partial charge on any atom is 0.326 e. The number of carbonyl (C=O) groups excluding carboxylic acids is 1. The number of rotatable bonds is 12. The fraction of sp³-hybridized carbons (Fsp3) is 0.476. The van der Waals surface area contributed by atoms with Crippen LogP contribution in [0.15, 0.2) is 30.5 Å². The molecule has 1 aromatic carbocycles. The molecule has 0 bridgehead atoms. The average Bonchev–Trinajstić information content (AvgIpc) is 3.07. The first kappa shape index (κ1) is 23.1. The van der Waals surface area contributed by atoms with E-state index in [0.717, 1.165) is 30.7 Å². The van der Waals surface area contributed by atoms with E-state index in [1.807, 2.05) is 11.5 Å². The minimum atomic E-state index is -1.10. The maximum absolute atomic E-state index is 11.9. The van der Waals surface area contributed by atoms with Gasteiger partial charge in [-0.2, -0.15) is 0 Å². The Balaban J connectivity index is 2.27. The number of hydrogen-bond acceptors (Lipinski definition) is 5. The zero-order valence-electron chi connectivity index (χ0n) is 17.3. The number of aromatic nitrogens is 2. The molecule has 2 rings (SSSR count). The number of aryl methyl sites for hydroxylation is 1. The van der Waals surface area contributed by atoms with Gasteiger partial charge in [-0.3, -0.25) is 14.9 Å². The third-order valence-electron chi connectivity index (χ3n) is 4.79. The van der Waals surface area contributed by atoms with Crippen molar-refractivity contribution in [2.75, 3.05) is 0 Å². The predicted molar refractivity (Wildman–Crippen MR) is 111 cm³/mol. The van der Waals surface area contributed by atoms with Crippen molar-refractivity contribution in [2.24, 2.45) is 0 Å². The molecule has 1 amide bonds. The molecule has 9 heteroatoms. The van der Waals surface area contributed by atoms with Crippen LogP contribution in [0.3, 0.4) is 0 Å². The van der Waals surface area contributed by atoms with Gasteiger partial charge in [-0.1, -0.05) is 32.4 Å². The summed E-state index contributed by atoms with van der Waals surface area (Å²) in [7, 11) is 0. The van der Waals surface area contributed by atoms with Crippen LogP contribution in [0.5, 0.6) is 0 Å². The summed E-state index contributed by atoms with van der Waals surface area (Å²) >= 11 is 0. The number of benzene rings is 1. The lowest BCUT2D eigenvalue weighted by atomic mass is 10.1. The van der Waals surface area contributed by atoms with Crippen molar-refractivity contribution in [3.63, 3.8) is 0 Å². The Morgan fingerprint density at radius 2 is 1.93 bits per heavy atom. The van der Waals surface area contributed by atoms with E-state index in [4.69, 9.17) is 0 Å². The second kappa shape index (κ2) is 11.1. The monoisotopic (exact) mass is 416 g/mol. The third-order valence-corrected chi connectivity index (χ3v) is 4.79. The molecule has 0 aliphatic rings. The first-order valence-electron chi connectivity index (χ1n) is 10.1. The predicted octanol–water partition coefficient (Wildman–Crippen LogP) is 3.09. The van der Waals surface area contributed by atoms with Crippen LogP contribution in [0.4, 0.5) is 5.69 Å². The average molecular weight is 416 g/mol. The molecule has 1 atom stereocenters. The number of non-ortho nitro benzene ring substituents is 1. The van der Waals surface area contributed by atoms with Gasteiger partial charge in [0.15, 0.2) is 0 Å². The van der Waals surface area contributed by atoms with E-state index in [2.05, 4.69) is 17.2 Å². The lowest BCUT2D eigenvalue weighted by Gasteiger charge is -2.17. The van der Waals surface area contributed by atoms with Crippen LogP contribution in [-0.2, 0) is 29.0 Å². The normalized spacial score (nSPS) is 11.8. The van der Waals surface area contributed by atoms with Gasteiger partial charge in [-0.15, -0.1) is 0 Å². The molecule has 0 saturated carbocycles. The van der Waals surface area contributed by atoms with Crippen LogP contribution in [0.2, 0.25) is 0 Å². The topological polar surface area (TPSA) is 127 Å². The summed E-state index contributed by atoms with van der Waals surface area (Å²) in [6, 6.07) is 5.22. The van der Waals surface area contributed by atoms with Crippen molar-refractivity contribution in [3.05, 3.63) is 57.7 Å². The molecule has 162 valence electrons. The number of carboxylic acids is 1. The van der Waals surface area contributed by atoms with Gasteiger partial charge >= 0.3 is 5.97 Å². The number of carbonyl (C=O) groups is 2. The molecule has 1 aromatic heterocycles. The van der Waals surface area contributed by atoms with Gasteiger partial charge in [0, 0.05) is 49.8 Å². The third kappa shape index (κ3) is 6.40. The van der Waals surface area contributed by atoms with Crippen molar-refractivity contribution in [1.29, 1.82) is 0 Å². The molecule has 2 aromatic rings. The summed E-state index contributed by atoms with van der Waals surface area (Å²) < 4.78 is 1.94. The van der Waals surface area contributed by atoms with E-state index >= 15 is 0 Å². The number of amides is 1. The first-order chi connectivity index (χ1) is 14.3. The standard InChI is InChI=1S/C21H28N4O5/c1-3-5-7-19-22-13-17(12-18(21(27)28)23-20(26)6-4-2)24(19)14-15-8-10-16(11-9-15)25(29)30/h8-11,13,18H,3-7,12,14H2,1-2H3,(H,23,26)(H,27,28)/t18-/m0/s1. The number of nitro benzene ring substituents is 1. The van der Waals surface area contributed by atoms with E-state index in [9.17, 15) is 24.8 Å². The highest BCUT2D eigenvalue weighted by atomic mass is 16.6. The fourth-order valence-electron chi connectivity index (χ4n) is 3.15. The summed E-state index contributed by atoms with van der Waals surface area (Å²) in [5.74, 6) is -0.565. The van der Waals surface area contributed by atoms with Crippen LogP contribution in [0.1, 0.15) is 56.6 Å². The van der Waals surface area contributed by atoms with E-state index in [0.29, 0.717) is 18.7 Å². The first-order valence-corrected chi connectivity index (χ1v) is 10.1. The molecule has 0 aliphatic heterocycles. The highest BCUT2D eigenvalue weighted by Gasteiger charge is 2.23. The quantitative estimate of drug-likeness (QED) is 0.404. The molecule has 2 N–H and O–H groups in total. The van der Waals surface area contributed by atoms with Gasteiger partial charge in [-0.25, -0.2) is 9.78 Å². The number of hydrogen-bond donors (Lipinski definition) is 2. The summed E-state index contributed by atoms with van der Waals surface area (Å²) in [6.45, 7) is 4.35. The van der Waals surface area contributed by atoms with Gasteiger partial charge in [0.05, 0.1) is 4.92 Å². The molecule has 30 heavy (non-hydrogen) atoms. The summed E-state index contributed by atoms with van der Waals surface area (Å²) in [4.78, 5) is 38.5. The lowest BCUT2D eigenvalue weighted by molar-refractivity contribution is -0.384. The van der Waals surface area contributed by atoms with Gasteiger partial charge in [-0.05, 0) is 18.4 Å². The maximum atomic E-state index is 11.9. The number of imidazole rings is 1. The molecule has 1 heterocycles. The van der Waals surface area contributed by atoms with E-state index in [1.165, 1.54) is 12.1 Å². The summed E-state index contributed by atoms with van der Waals surface area (Å²) in [5, 5.41) is 23.0. The van der Waals surface area contributed by atoms with Gasteiger partial charge < -0.3 is 15.0 Å². The molecule has 0 fully saturated rings. The lowest BCUT2D eigenvalue weighted by Crippen LogP contribution is -2.42. The molecule has 0 spiro atoms. The van der Waals surface area contributed by atoms with Crippen LogP contribution in [0, 0.1) is 10.1 Å². The highest BCUT2D eigenvalue weighted by Crippen LogP contribution is 2.17. The van der Waals surface area contributed by atoms with Crippen molar-refractivity contribution in [2.45, 2.75) is 65.0 Å². The minimum Gasteiger partial charge on any atom is -0.480 e. The van der Waals surface area contributed by atoms with Gasteiger partial charge in [0.25, 0.3) is 5.69 Å². The van der Waals surface area contributed by atoms with Gasteiger partial charge in [0.1, 0.15) is 11.9 Å². The SMILES string of the molecule is CCCCc1ncc(C[C@H](NC(=O)CCC)C(=O)O)n1Cc1ccc([N+](=O)[O-])cc1. The molecular weight excluding hydrogens is 388 g/mol. The van der Waals surface area contributed by atoms with Crippen molar-refractivity contribution >= 4 is 17.6 Å². The Morgan fingerprint density at radius 1 is 1.23 bits per heavy atom. The minimum absolute atomic E-state index is 0.0142. The zero-order chi connectivity index (χ0) is 22.1. The Kier molecular flexibility index (Phi) is 8.52. The van der Waals surface area contributed by atoms with Crippen LogP contribution >= 0.6 is 0 Å². The number of carboxylic acid groups (broad SMARTS) is 1. The van der Waals surface area contributed by atoms with E-state index in [-0.39, 0.29) is 24.4 Å². The van der Waals surface area contributed by atoms with Crippen LogP contribution in [-0.4, -0.2) is 37.5 Å². The van der Waals surface area contributed by atoms with E-state index in [1.54, 1.807) is 18.3 Å². The van der Waals surface area contributed by atoms with Crippen molar-refractivity contribution in [3.8, 4) is 0 Å². The summed E-state index contributed by atoms with van der Waals surface area (Å²) in [5.41, 5.74) is 1.56. The smallest absolute Gasteiger partial charge is 0.326 e. The van der Waals surface area contributed by atoms with Gasteiger partial charge in [0.2, 0.25) is 5.91 Å². The molecule has 0 aliphatic carbocycles. The van der Waals surface area contributed by atoms with Crippen LogP contribution < -0.4 is 5.32 Å². The van der Waals surface area contributed by atoms with E-state index < -0.39 is 16.9 Å². The summed E-state index contributed by atoms with van der Waals surface area (Å²) in [6.07, 6.45) is 5.33. The molecule has 0 radical (unpaired) electrons. The number of nitrogens with one attached hydrogen (secondary N) is 1. The number of unbranched alkanes of at least 4 members (excludes halogenated alkanes) is 1. The fourth-order valence-corrected chi connectivity index (χ4v) is 3.15. The largest absolute Gasteiger partial charge is 0.480 e. The second-order valence-electron chi connectivity index (χ2n) is 7.19. The molecule has 9 nitrogen and oxygen atoms in total.